The molecule has 0 aliphatic heterocycles. The lowest BCUT2D eigenvalue weighted by atomic mass is 10.1. The number of rotatable bonds is 4. The molecule has 0 fully saturated rings. The van der Waals surface area contributed by atoms with Crippen LogP contribution in [0.5, 0.6) is 11.6 Å². The van der Waals surface area contributed by atoms with Gasteiger partial charge in [-0.3, -0.25) is 4.98 Å². The Kier molecular flexibility index (Phi) is 3.89. The van der Waals surface area contributed by atoms with E-state index in [1.807, 2.05) is 54.6 Å². The van der Waals surface area contributed by atoms with E-state index in [-0.39, 0.29) is 0 Å². The maximum Gasteiger partial charge on any atom is 0.237 e. The lowest BCUT2D eigenvalue weighted by Gasteiger charge is -2.10. The van der Waals surface area contributed by atoms with E-state index >= 15 is 0 Å². The standard InChI is InChI=1S/C17H15N3O/c18-10-14-11-20-17(12-19-14)21-16-9-5-4-8-15(16)13-6-2-1-3-7-13/h1-9,11-12H,10,18H2. The van der Waals surface area contributed by atoms with Crippen LogP contribution in [-0.2, 0) is 6.54 Å². The lowest BCUT2D eigenvalue weighted by molar-refractivity contribution is 0.461. The molecule has 0 radical (unpaired) electrons. The first-order chi connectivity index (χ1) is 10.4. The fraction of sp³-hybridized carbons (Fsp3) is 0.0588. The highest BCUT2D eigenvalue weighted by atomic mass is 16.5. The Morgan fingerprint density at radius 2 is 1.62 bits per heavy atom. The van der Waals surface area contributed by atoms with Crippen molar-refractivity contribution in [1.82, 2.24) is 9.97 Å². The second kappa shape index (κ2) is 6.15. The molecule has 2 N–H and O–H groups in total. The van der Waals surface area contributed by atoms with Gasteiger partial charge in [0.2, 0.25) is 5.88 Å². The van der Waals surface area contributed by atoms with Crippen LogP contribution in [-0.4, -0.2) is 9.97 Å². The van der Waals surface area contributed by atoms with Gasteiger partial charge in [0.05, 0.1) is 18.1 Å². The van der Waals surface area contributed by atoms with Gasteiger partial charge in [0, 0.05) is 12.1 Å². The topological polar surface area (TPSA) is 61.0 Å². The molecule has 4 heteroatoms. The van der Waals surface area contributed by atoms with Crippen LogP contribution in [0.4, 0.5) is 0 Å². The Morgan fingerprint density at radius 3 is 2.33 bits per heavy atom. The molecular formula is C17H15N3O. The van der Waals surface area contributed by atoms with Crippen molar-refractivity contribution in [3.63, 3.8) is 0 Å². The van der Waals surface area contributed by atoms with E-state index in [0.29, 0.717) is 12.4 Å². The summed E-state index contributed by atoms with van der Waals surface area (Å²) in [4.78, 5) is 8.40. The van der Waals surface area contributed by atoms with Crippen LogP contribution in [0.2, 0.25) is 0 Å². The van der Waals surface area contributed by atoms with Crippen LogP contribution in [0.1, 0.15) is 5.69 Å². The van der Waals surface area contributed by atoms with E-state index in [4.69, 9.17) is 10.5 Å². The van der Waals surface area contributed by atoms with E-state index in [1.54, 1.807) is 12.4 Å². The van der Waals surface area contributed by atoms with Gasteiger partial charge in [0.1, 0.15) is 5.75 Å². The summed E-state index contributed by atoms with van der Waals surface area (Å²) in [5.74, 6) is 1.20. The molecular weight excluding hydrogens is 262 g/mol. The van der Waals surface area contributed by atoms with Crippen molar-refractivity contribution in [2.45, 2.75) is 6.54 Å². The zero-order valence-electron chi connectivity index (χ0n) is 11.4. The van der Waals surface area contributed by atoms with E-state index < -0.39 is 0 Å². The molecule has 0 unspecified atom stereocenters. The van der Waals surface area contributed by atoms with Gasteiger partial charge < -0.3 is 10.5 Å². The first-order valence-corrected chi connectivity index (χ1v) is 6.70. The molecule has 0 atom stereocenters. The van der Waals surface area contributed by atoms with Crippen molar-refractivity contribution >= 4 is 0 Å². The number of nitrogens with zero attached hydrogens (tertiary/aromatic N) is 2. The highest BCUT2D eigenvalue weighted by Crippen LogP contribution is 2.32. The maximum atomic E-state index is 5.85. The molecule has 2 aromatic carbocycles. The summed E-state index contributed by atoms with van der Waals surface area (Å²) in [6.45, 7) is 0.369. The van der Waals surface area contributed by atoms with Gasteiger partial charge in [-0.05, 0) is 11.6 Å². The molecule has 0 saturated carbocycles. The van der Waals surface area contributed by atoms with E-state index in [0.717, 1.165) is 22.6 Å². The molecule has 1 heterocycles. The lowest BCUT2D eigenvalue weighted by Crippen LogP contribution is -2.00. The summed E-state index contributed by atoms with van der Waals surface area (Å²) in [6, 6.07) is 17.9. The van der Waals surface area contributed by atoms with Crippen LogP contribution < -0.4 is 10.5 Å². The first kappa shape index (κ1) is 13.3. The molecule has 0 saturated heterocycles. The molecule has 0 bridgehead atoms. The number of para-hydroxylation sites is 1. The summed E-state index contributed by atoms with van der Waals surface area (Å²) in [5, 5.41) is 0. The number of aromatic nitrogens is 2. The summed E-state index contributed by atoms with van der Waals surface area (Å²) in [6.07, 6.45) is 3.21. The van der Waals surface area contributed by atoms with Gasteiger partial charge in [-0.2, -0.15) is 0 Å². The summed E-state index contributed by atoms with van der Waals surface area (Å²) < 4.78 is 5.85. The normalized spacial score (nSPS) is 10.3. The summed E-state index contributed by atoms with van der Waals surface area (Å²) in [7, 11) is 0. The number of ether oxygens (including phenoxy) is 1. The minimum atomic E-state index is 0.369. The van der Waals surface area contributed by atoms with Gasteiger partial charge in [0.15, 0.2) is 0 Å². The molecule has 3 rings (SSSR count). The van der Waals surface area contributed by atoms with Crippen LogP contribution in [0, 0.1) is 0 Å². The van der Waals surface area contributed by atoms with Gasteiger partial charge in [-0.15, -0.1) is 0 Å². The molecule has 1 aromatic heterocycles. The van der Waals surface area contributed by atoms with Crippen LogP contribution >= 0.6 is 0 Å². The fourth-order valence-corrected chi connectivity index (χ4v) is 2.03. The number of benzene rings is 2. The van der Waals surface area contributed by atoms with Crippen molar-refractivity contribution in [3.05, 3.63) is 72.7 Å². The Bertz CT molecular complexity index is 712. The highest BCUT2D eigenvalue weighted by Gasteiger charge is 2.07. The van der Waals surface area contributed by atoms with Crippen molar-refractivity contribution in [3.8, 4) is 22.8 Å². The average molecular weight is 277 g/mol. The van der Waals surface area contributed by atoms with Gasteiger partial charge in [0.25, 0.3) is 0 Å². The SMILES string of the molecule is NCc1cnc(Oc2ccccc2-c2ccccc2)cn1. The number of hydrogen-bond acceptors (Lipinski definition) is 4. The molecule has 4 nitrogen and oxygen atoms in total. The van der Waals surface area contributed by atoms with Crippen molar-refractivity contribution in [2.24, 2.45) is 5.73 Å². The second-order valence-electron chi connectivity index (χ2n) is 4.51. The third kappa shape index (κ3) is 3.07. The molecule has 21 heavy (non-hydrogen) atoms. The predicted octanol–water partition coefficient (Wildman–Crippen LogP) is 3.39. The zero-order valence-corrected chi connectivity index (χ0v) is 11.4. The predicted molar refractivity (Wildman–Crippen MR) is 81.9 cm³/mol. The smallest absolute Gasteiger partial charge is 0.237 e. The molecule has 0 amide bonds. The monoisotopic (exact) mass is 277 g/mol. The Morgan fingerprint density at radius 1 is 0.857 bits per heavy atom. The Balaban J connectivity index is 1.92. The Labute approximate surface area is 123 Å². The van der Waals surface area contributed by atoms with Crippen molar-refractivity contribution in [1.29, 1.82) is 0 Å². The molecule has 0 aliphatic rings. The minimum Gasteiger partial charge on any atom is -0.437 e. The van der Waals surface area contributed by atoms with Crippen LogP contribution in [0.25, 0.3) is 11.1 Å². The van der Waals surface area contributed by atoms with Gasteiger partial charge >= 0.3 is 0 Å². The number of nitrogens with two attached hydrogens (primary N) is 1. The molecule has 3 aromatic rings. The van der Waals surface area contributed by atoms with Crippen LogP contribution in [0.15, 0.2) is 67.0 Å². The van der Waals surface area contributed by atoms with Crippen molar-refractivity contribution in [2.75, 3.05) is 0 Å². The fourth-order valence-electron chi connectivity index (χ4n) is 2.03. The zero-order chi connectivity index (χ0) is 14.5. The third-order valence-corrected chi connectivity index (χ3v) is 3.08. The molecule has 104 valence electrons. The third-order valence-electron chi connectivity index (χ3n) is 3.08. The van der Waals surface area contributed by atoms with E-state index in [9.17, 15) is 0 Å². The second-order valence-corrected chi connectivity index (χ2v) is 4.51. The minimum absolute atomic E-state index is 0.369. The van der Waals surface area contributed by atoms with Crippen LogP contribution in [0.3, 0.4) is 0 Å². The summed E-state index contributed by atoms with van der Waals surface area (Å²) >= 11 is 0. The van der Waals surface area contributed by atoms with Gasteiger partial charge in [-0.25, -0.2) is 4.98 Å². The quantitative estimate of drug-likeness (QED) is 0.794. The Hall–Kier alpha value is -2.72. The highest BCUT2D eigenvalue weighted by molar-refractivity contribution is 5.70. The summed E-state index contributed by atoms with van der Waals surface area (Å²) in [5.41, 5.74) is 8.36. The molecule has 0 spiro atoms. The maximum absolute atomic E-state index is 5.85. The number of hydrogen-bond donors (Lipinski definition) is 1. The average Bonchev–Trinajstić information content (AvgIpc) is 2.57. The first-order valence-electron chi connectivity index (χ1n) is 6.70. The largest absolute Gasteiger partial charge is 0.437 e. The van der Waals surface area contributed by atoms with Crippen molar-refractivity contribution < 1.29 is 4.74 Å². The van der Waals surface area contributed by atoms with E-state index in [2.05, 4.69) is 9.97 Å². The molecule has 0 aliphatic carbocycles. The van der Waals surface area contributed by atoms with Gasteiger partial charge in [-0.1, -0.05) is 48.5 Å². The van der Waals surface area contributed by atoms with E-state index in [1.165, 1.54) is 0 Å².